The fourth-order valence-corrected chi connectivity index (χ4v) is 1.78. The van der Waals surface area contributed by atoms with Crippen LogP contribution in [0.4, 0.5) is 13.2 Å². The van der Waals surface area contributed by atoms with Crippen LogP contribution in [-0.2, 0) is 6.18 Å². The third-order valence-corrected chi connectivity index (χ3v) is 2.51. The first kappa shape index (κ1) is 10.7. The van der Waals surface area contributed by atoms with Crippen LogP contribution >= 0.6 is 34.5 Å². The summed E-state index contributed by atoms with van der Waals surface area (Å²) in [4.78, 5) is 12.8. The van der Waals surface area contributed by atoms with Gasteiger partial charge in [0.2, 0.25) is 0 Å². The molecule has 0 saturated heterocycles. The summed E-state index contributed by atoms with van der Waals surface area (Å²) in [6, 6.07) is 0. The van der Waals surface area contributed by atoms with Crippen LogP contribution in [0.3, 0.4) is 0 Å². The van der Waals surface area contributed by atoms with Crippen LogP contribution in [-0.4, -0.2) is 10.2 Å². The first-order valence-electron chi connectivity index (χ1n) is 2.75. The SMILES string of the molecule is O=C(Cl)c1sc(Cl)nc1C(F)(F)F. The maximum Gasteiger partial charge on any atom is 0.435 e. The van der Waals surface area contributed by atoms with E-state index in [2.05, 4.69) is 4.98 Å². The van der Waals surface area contributed by atoms with E-state index in [1.807, 2.05) is 0 Å². The van der Waals surface area contributed by atoms with Crippen molar-refractivity contribution in [1.82, 2.24) is 4.98 Å². The molecular formula is C5Cl2F3NOS. The highest BCUT2D eigenvalue weighted by Gasteiger charge is 2.39. The molecule has 1 heterocycles. The number of hydrogen-bond acceptors (Lipinski definition) is 3. The number of hydrogen-bond donors (Lipinski definition) is 0. The average Bonchev–Trinajstić information content (AvgIpc) is 2.29. The van der Waals surface area contributed by atoms with Crippen molar-refractivity contribution in [1.29, 1.82) is 0 Å². The van der Waals surface area contributed by atoms with E-state index < -0.39 is 22.0 Å². The topological polar surface area (TPSA) is 30.0 Å². The van der Waals surface area contributed by atoms with Crippen molar-refractivity contribution in [2.24, 2.45) is 0 Å². The van der Waals surface area contributed by atoms with Gasteiger partial charge in [-0.2, -0.15) is 13.2 Å². The summed E-state index contributed by atoms with van der Waals surface area (Å²) >= 11 is 10.5. The normalized spacial score (nSPS) is 11.8. The second-order valence-electron chi connectivity index (χ2n) is 1.92. The molecule has 1 aromatic heterocycles. The van der Waals surface area contributed by atoms with E-state index in [1.165, 1.54) is 0 Å². The van der Waals surface area contributed by atoms with Crippen LogP contribution in [0, 0.1) is 0 Å². The Labute approximate surface area is 84.3 Å². The van der Waals surface area contributed by atoms with Gasteiger partial charge in [0.05, 0.1) is 0 Å². The molecule has 0 aromatic carbocycles. The number of carbonyl (C=O) groups excluding carboxylic acids is 1. The van der Waals surface area contributed by atoms with E-state index >= 15 is 0 Å². The number of alkyl halides is 3. The van der Waals surface area contributed by atoms with Crippen molar-refractivity contribution < 1.29 is 18.0 Å². The standard InChI is InChI=1S/C5Cl2F3NOS/c6-3(12)1-2(5(8,9)10)11-4(7)13-1. The Bertz CT molecular complexity index is 348. The number of halogens is 5. The Morgan fingerprint density at radius 3 is 2.31 bits per heavy atom. The van der Waals surface area contributed by atoms with Gasteiger partial charge in [0, 0.05) is 0 Å². The number of nitrogens with zero attached hydrogens (tertiary/aromatic N) is 1. The maximum atomic E-state index is 12.1. The minimum absolute atomic E-state index is 0.365. The lowest BCUT2D eigenvalue weighted by molar-refractivity contribution is -0.141. The van der Waals surface area contributed by atoms with Gasteiger partial charge >= 0.3 is 6.18 Å². The van der Waals surface area contributed by atoms with Gasteiger partial charge in [-0.05, 0) is 11.6 Å². The predicted octanol–water partition coefficient (Wildman–Crippen LogP) is 3.19. The lowest BCUT2D eigenvalue weighted by atomic mass is 10.4. The molecule has 0 spiro atoms. The molecule has 0 aliphatic heterocycles. The molecule has 0 fully saturated rings. The zero-order chi connectivity index (χ0) is 10.2. The van der Waals surface area contributed by atoms with Gasteiger partial charge in [0.15, 0.2) is 10.2 Å². The monoisotopic (exact) mass is 249 g/mol. The largest absolute Gasteiger partial charge is 0.435 e. The van der Waals surface area contributed by atoms with Gasteiger partial charge in [-0.1, -0.05) is 22.9 Å². The molecule has 0 saturated carbocycles. The number of thiazole rings is 1. The van der Waals surface area contributed by atoms with Gasteiger partial charge in [-0.15, -0.1) is 0 Å². The highest BCUT2D eigenvalue weighted by Crippen LogP contribution is 2.36. The van der Waals surface area contributed by atoms with Crippen molar-refractivity contribution in [3.63, 3.8) is 0 Å². The quantitative estimate of drug-likeness (QED) is 0.716. The van der Waals surface area contributed by atoms with Crippen molar-refractivity contribution in [3.05, 3.63) is 15.0 Å². The van der Waals surface area contributed by atoms with Gasteiger partial charge in [0.1, 0.15) is 4.88 Å². The molecule has 0 unspecified atom stereocenters. The van der Waals surface area contributed by atoms with E-state index in [0.29, 0.717) is 11.3 Å². The predicted molar refractivity (Wildman–Crippen MR) is 42.3 cm³/mol. The van der Waals surface area contributed by atoms with Gasteiger partial charge in [-0.25, -0.2) is 4.98 Å². The van der Waals surface area contributed by atoms with E-state index in [9.17, 15) is 18.0 Å². The van der Waals surface area contributed by atoms with Crippen LogP contribution in [0.2, 0.25) is 4.47 Å². The summed E-state index contributed by atoms with van der Waals surface area (Å²) in [5.41, 5.74) is -1.33. The molecule has 1 aromatic rings. The summed E-state index contributed by atoms with van der Waals surface area (Å²) in [5.74, 6) is 0. The summed E-state index contributed by atoms with van der Waals surface area (Å²) in [7, 11) is 0. The van der Waals surface area contributed by atoms with Crippen LogP contribution in [0.15, 0.2) is 0 Å². The Balaban J connectivity index is 3.28. The first-order valence-corrected chi connectivity index (χ1v) is 4.33. The first-order chi connectivity index (χ1) is 5.82. The fraction of sp³-hybridized carbons (Fsp3) is 0.200. The molecule has 8 heteroatoms. The summed E-state index contributed by atoms with van der Waals surface area (Å²) in [6.07, 6.45) is -4.70. The third kappa shape index (κ3) is 2.32. The third-order valence-electron chi connectivity index (χ3n) is 1.05. The van der Waals surface area contributed by atoms with Crippen LogP contribution in [0.1, 0.15) is 15.4 Å². The van der Waals surface area contributed by atoms with E-state index in [1.54, 1.807) is 0 Å². The summed E-state index contributed by atoms with van der Waals surface area (Å²) < 4.78 is 35.9. The average molecular weight is 250 g/mol. The lowest BCUT2D eigenvalue weighted by Gasteiger charge is -2.02. The smallest absolute Gasteiger partial charge is 0.275 e. The van der Waals surface area contributed by atoms with E-state index in [4.69, 9.17) is 23.2 Å². The summed E-state index contributed by atoms with van der Waals surface area (Å²) in [6.45, 7) is 0. The van der Waals surface area contributed by atoms with Crippen LogP contribution in [0.25, 0.3) is 0 Å². The second-order valence-corrected chi connectivity index (χ2v) is 3.84. The summed E-state index contributed by atoms with van der Waals surface area (Å²) in [5, 5.41) is -1.21. The molecular weight excluding hydrogens is 250 g/mol. The molecule has 1 rings (SSSR count). The Kier molecular flexibility index (Phi) is 2.84. The minimum atomic E-state index is -4.70. The molecule has 0 aliphatic rings. The van der Waals surface area contributed by atoms with Gasteiger partial charge < -0.3 is 0 Å². The molecule has 13 heavy (non-hydrogen) atoms. The molecule has 0 amide bonds. The lowest BCUT2D eigenvalue weighted by Crippen LogP contribution is -2.09. The van der Waals surface area contributed by atoms with Gasteiger partial charge in [0.25, 0.3) is 5.24 Å². The Morgan fingerprint density at radius 2 is 2.00 bits per heavy atom. The zero-order valence-corrected chi connectivity index (χ0v) is 7.98. The Morgan fingerprint density at radius 1 is 1.46 bits per heavy atom. The Hall–Kier alpha value is -0.330. The number of carbonyl (C=O) groups is 1. The number of rotatable bonds is 1. The van der Waals surface area contributed by atoms with Crippen LogP contribution in [0.5, 0.6) is 0 Å². The van der Waals surface area contributed by atoms with Crippen molar-refractivity contribution in [2.45, 2.75) is 6.18 Å². The van der Waals surface area contributed by atoms with Gasteiger partial charge in [-0.3, -0.25) is 4.79 Å². The van der Waals surface area contributed by atoms with Crippen LogP contribution < -0.4 is 0 Å². The number of aromatic nitrogens is 1. The highest BCUT2D eigenvalue weighted by molar-refractivity contribution is 7.19. The molecule has 0 atom stereocenters. The van der Waals surface area contributed by atoms with E-state index in [0.717, 1.165) is 0 Å². The van der Waals surface area contributed by atoms with Crippen molar-refractivity contribution >= 4 is 39.8 Å². The molecule has 0 aliphatic carbocycles. The molecule has 0 bridgehead atoms. The second kappa shape index (κ2) is 3.43. The molecule has 0 radical (unpaired) electrons. The highest BCUT2D eigenvalue weighted by atomic mass is 35.5. The molecule has 0 N–H and O–H groups in total. The van der Waals surface area contributed by atoms with Crippen molar-refractivity contribution in [2.75, 3.05) is 0 Å². The minimum Gasteiger partial charge on any atom is -0.275 e. The molecule has 2 nitrogen and oxygen atoms in total. The fourth-order valence-electron chi connectivity index (χ4n) is 0.619. The van der Waals surface area contributed by atoms with E-state index in [-0.39, 0.29) is 4.47 Å². The maximum absolute atomic E-state index is 12.1. The molecule has 72 valence electrons. The zero-order valence-electron chi connectivity index (χ0n) is 5.65. The van der Waals surface area contributed by atoms with Crippen molar-refractivity contribution in [3.8, 4) is 0 Å².